The molecule has 0 aromatic carbocycles. The van der Waals surface area contributed by atoms with E-state index in [1.165, 1.54) is 0 Å². The van der Waals surface area contributed by atoms with Gasteiger partial charge in [-0.25, -0.2) is 9.97 Å². The average molecular weight is 286 g/mol. The molecule has 1 heterocycles. The van der Waals surface area contributed by atoms with Gasteiger partial charge in [0.1, 0.15) is 16.8 Å². The first-order valence-electron chi connectivity index (χ1n) is 6.70. The fourth-order valence-electron chi connectivity index (χ4n) is 1.85. The second kappa shape index (κ2) is 6.53. The van der Waals surface area contributed by atoms with Crippen molar-refractivity contribution in [1.29, 1.82) is 0 Å². The Morgan fingerprint density at radius 1 is 1.32 bits per heavy atom. The molecular formula is C14H24ClN3O. The standard InChI is InChI=1S/C14H24ClN3O/c1-6-11-17-12(15)9(2)13(18-11)16-10(7-8-19)14(3,4)5/h10,19H,6-8H2,1-5H3,(H,16,17,18). The van der Waals surface area contributed by atoms with Crippen LogP contribution in [-0.4, -0.2) is 27.7 Å². The molecule has 108 valence electrons. The molecule has 5 heteroatoms. The molecule has 1 aromatic rings. The Balaban J connectivity index is 3.05. The Bertz CT molecular complexity index is 429. The van der Waals surface area contributed by atoms with Gasteiger partial charge >= 0.3 is 0 Å². The summed E-state index contributed by atoms with van der Waals surface area (Å²) in [5.74, 6) is 1.50. The smallest absolute Gasteiger partial charge is 0.137 e. The summed E-state index contributed by atoms with van der Waals surface area (Å²) in [5.41, 5.74) is 0.880. The quantitative estimate of drug-likeness (QED) is 0.816. The molecule has 0 saturated heterocycles. The fraction of sp³-hybridized carbons (Fsp3) is 0.714. The Hall–Kier alpha value is -0.870. The van der Waals surface area contributed by atoms with E-state index in [2.05, 4.69) is 36.1 Å². The molecule has 0 spiro atoms. The lowest BCUT2D eigenvalue weighted by molar-refractivity contribution is 0.235. The molecule has 2 N–H and O–H groups in total. The highest BCUT2D eigenvalue weighted by atomic mass is 35.5. The van der Waals surface area contributed by atoms with Gasteiger partial charge in [0, 0.05) is 24.6 Å². The number of rotatable bonds is 5. The predicted octanol–water partition coefficient (Wildman–Crippen LogP) is 3.21. The number of nitrogens with one attached hydrogen (secondary N) is 1. The second-order valence-electron chi connectivity index (χ2n) is 5.83. The third-order valence-corrected chi connectivity index (χ3v) is 3.59. The summed E-state index contributed by atoms with van der Waals surface area (Å²) in [4.78, 5) is 8.73. The predicted molar refractivity (Wildman–Crippen MR) is 79.7 cm³/mol. The van der Waals surface area contributed by atoms with Gasteiger partial charge in [0.2, 0.25) is 0 Å². The van der Waals surface area contributed by atoms with E-state index in [-0.39, 0.29) is 18.1 Å². The van der Waals surface area contributed by atoms with Crippen molar-refractivity contribution in [1.82, 2.24) is 9.97 Å². The molecule has 0 aliphatic rings. The Labute approximate surface area is 120 Å². The van der Waals surface area contributed by atoms with E-state index in [1.807, 2.05) is 13.8 Å². The zero-order valence-electron chi connectivity index (χ0n) is 12.4. The van der Waals surface area contributed by atoms with E-state index < -0.39 is 0 Å². The number of aryl methyl sites for hydroxylation is 1. The van der Waals surface area contributed by atoms with E-state index in [1.54, 1.807) is 0 Å². The monoisotopic (exact) mass is 285 g/mol. The van der Waals surface area contributed by atoms with Crippen LogP contribution in [0.1, 0.15) is 45.5 Å². The van der Waals surface area contributed by atoms with Crippen LogP contribution in [0, 0.1) is 12.3 Å². The molecule has 0 aliphatic carbocycles. The van der Waals surface area contributed by atoms with Crippen LogP contribution < -0.4 is 5.32 Å². The molecule has 0 radical (unpaired) electrons. The van der Waals surface area contributed by atoms with E-state index >= 15 is 0 Å². The summed E-state index contributed by atoms with van der Waals surface area (Å²) in [6, 6.07) is 0.131. The SMILES string of the molecule is CCc1nc(Cl)c(C)c(NC(CCO)C(C)(C)C)n1. The highest BCUT2D eigenvalue weighted by Gasteiger charge is 2.25. The Kier molecular flexibility index (Phi) is 5.56. The van der Waals surface area contributed by atoms with Crippen LogP contribution in [0.25, 0.3) is 0 Å². The van der Waals surface area contributed by atoms with Crippen LogP contribution in [0.5, 0.6) is 0 Å². The topological polar surface area (TPSA) is 58.0 Å². The number of hydrogen-bond acceptors (Lipinski definition) is 4. The highest BCUT2D eigenvalue weighted by molar-refractivity contribution is 6.30. The minimum absolute atomic E-state index is 0.0268. The number of hydrogen-bond donors (Lipinski definition) is 2. The zero-order chi connectivity index (χ0) is 14.6. The van der Waals surface area contributed by atoms with Gasteiger partial charge < -0.3 is 10.4 Å². The second-order valence-corrected chi connectivity index (χ2v) is 6.19. The molecular weight excluding hydrogens is 262 g/mol. The molecule has 1 unspecified atom stereocenters. The molecule has 0 amide bonds. The summed E-state index contributed by atoms with van der Waals surface area (Å²) in [6.07, 6.45) is 1.42. The van der Waals surface area contributed by atoms with E-state index in [0.717, 1.165) is 23.6 Å². The van der Waals surface area contributed by atoms with Gasteiger partial charge in [0.15, 0.2) is 0 Å². The molecule has 0 aliphatic heterocycles. The maximum atomic E-state index is 9.20. The van der Waals surface area contributed by atoms with Crippen LogP contribution in [-0.2, 0) is 6.42 Å². The summed E-state index contributed by atoms with van der Waals surface area (Å²) >= 11 is 6.13. The van der Waals surface area contributed by atoms with Crippen LogP contribution in [0.2, 0.25) is 5.15 Å². The van der Waals surface area contributed by atoms with Crippen molar-refractivity contribution >= 4 is 17.4 Å². The summed E-state index contributed by atoms with van der Waals surface area (Å²) in [7, 11) is 0. The summed E-state index contributed by atoms with van der Waals surface area (Å²) in [6.45, 7) is 10.5. The van der Waals surface area contributed by atoms with Gasteiger partial charge in [-0.3, -0.25) is 0 Å². The summed E-state index contributed by atoms with van der Waals surface area (Å²) < 4.78 is 0. The fourth-order valence-corrected chi connectivity index (χ4v) is 2.03. The zero-order valence-corrected chi connectivity index (χ0v) is 13.2. The maximum Gasteiger partial charge on any atom is 0.137 e. The third-order valence-electron chi connectivity index (χ3n) is 3.22. The van der Waals surface area contributed by atoms with E-state index in [0.29, 0.717) is 11.6 Å². The lowest BCUT2D eigenvalue weighted by atomic mass is 9.85. The van der Waals surface area contributed by atoms with E-state index in [4.69, 9.17) is 11.6 Å². The number of aromatic nitrogens is 2. The highest BCUT2D eigenvalue weighted by Crippen LogP contribution is 2.28. The minimum atomic E-state index is 0.0268. The molecule has 1 rings (SSSR count). The molecule has 1 aromatic heterocycles. The average Bonchev–Trinajstić information content (AvgIpc) is 2.32. The van der Waals surface area contributed by atoms with Gasteiger partial charge in [0.05, 0.1) is 0 Å². The number of halogens is 1. The van der Waals surface area contributed by atoms with Crippen LogP contribution >= 0.6 is 11.6 Å². The molecule has 0 bridgehead atoms. The molecule has 1 atom stereocenters. The van der Waals surface area contributed by atoms with Gasteiger partial charge in [-0.2, -0.15) is 0 Å². The molecule has 0 fully saturated rings. The van der Waals surface area contributed by atoms with E-state index in [9.17, 15) is 5.11 Å². The first kappa shape index (κ1) is 16.2. The van der Waals surface area contributed by atoms with Crippen molar-refractivity contribution in [3.05, 3.63) is 16.5 Å². The first-order chi connectivity index (χ1) is 8.79. The van der Waals surface area contributed by atoms with Crippen LogP contribution in [0.15, 0.2) is 0 Å². The van der Waals surface area contributed by atoms with Crippen molar-refractivity contribution in [2.45, 2.75) is 53.5 Å². The maximum absolute atomic E-state index is 9.20. The molecule has 0 saturated carbocycles. The Morgan fingerprint density at radius 2 is 1.95 bits per heavy atom. The number of aliphatic hydroxyl groups excluding tert-OH is 1. The van der Waals surface area contributed by atoms with Crippen molar-refractivity contribution in [3.8, 4) is 0 Å². The number of anilines is 1. The van der Waals surface area contributed by atoms with Crippen molar-refractivity contribution in [2.75, 3.05) is 11.9 Å². The van der Waals surface area contributed by atoms with Gasteiger partial charge in [-0.15, -0.1) is 0 Å². The normalized spacial score (nSPS) is 13.4. The third kappa shape index (κ3) is 4.32. The van der Waals surface area contributed by atoms with Gasteiger partial charge in [0.25, 0.3) is 0 Å². The van der Waals surface area contributed by atoms with Gasteiger partial charge in [-0.05, 0) is 18.8 Å². The molecule has 4 nitrogen and oxygen atoms in total. The number of aliphatic hydroxyl groups is 1. The van der Waals surface area contributed by atoms with Crippen molar-refractivity contribution in [2.24, 2.45) is 5.41 Å². The first-order valence-corrected chi connectivity index (χ1v) is 7.07. The van der Waals surface area contributed by atoms with Crippen LogP contribution in [0.4, 0.5) is 5.82 Å². The summed E-state index contributed by atoms with van der Waals surface area (Å²) in [5, 5.41) is 13.1. The van der Waals surface area contributed by atoms with Crippen molar-refractivity contribution in [3.63, 3.8) is 0 Å². The lowest BCUT2D eigenvalue weighted by Crippen LogP contribution is -2.35. The minimum Gasteiger partial charge on any atom is -0.396 e. The largest absolute Gasteiger partial charge is 0.396 e. The van der Waals surface area contributed by atoms with Crippen molar-refractivity contribution < 1.29 is 5.11 Å². The molecule has 19 heavy (non-hydrogen) atoms. The Morgan fingerprint density at radius 3 is 2.42 bits per heavy atom. The van der Waals surface area contributed by atoms with Gasteiger partial charge in [-0.1, -0.05) is 39.3 Å². The van der Waals surface area contributed by atoms with Crippen LogP contribution in [0.3, 0.4) is 0 Å². The number of nitrogens with zero attached hydrogens (tertiary/aromatic N) is 2. The lowest BCUT2D eigenvalue weighted by Gasteiger charge is -2.32.